The van der Waals surface area contributed by atoms with E-state index < -0.39 is 10.0 Å². The van der Waals surface area contributed by atoms with Gasteiger partial charge in [0.15, 0.2) is 0 Å². The van der Waals surface area contributed by atoms with Crippen LogP contribution in [0.15, 0.2) is 29.2 Å². The van der Waals surface area contributed by atoms with E-state index in [4.69, 9.17) is 4.74 Å². The fraction of sp³-hybridized carbons (Fsp3) is 0.611. The molecular weight excluding hydrogens is 340 g/mol. The van der Waals surface area contributed by atoms with Gasteiger partial charge in [-0.3, -0.25) is 4.79 Å². The lowest BCUT2D eigenvalue weighted by Crippen LogP contribution is -2.40. The van der Waals surface area contributed by atoms with Crippen molar-refractivity contribution in [3.05, 3.63) is 29.8 Å². The average Bonchev–Trinajstić information content (AvgIpc) is 2.61. The van der Waals surface area contributed by atoms with Crippen LogP contribution in [0.1, 0.15) is 32.3 Å². The van der Waals surface area contributed by atoms with Crippen LogP contribution in [-0.2, 0) is 26.0 Å². The molecule has 1 aliphatic heterocycles. The van der Waals surface area contributed by atoms with E-state index in [2.05, 4.69) is 19.2 Å². The molecule has 7 heteroatoms. The number of hydrogen-bond donors (Lipinski definition) is 1. The summed E-state index contributed by atoms with van der Waals surface area (Å²) in [6.07, 6.45) is 1.99. The maximum atomic E-state index is 12.5. The van der Waals surface area contributed by atoms with Crippen LogP contribution in [0.5, 0.6) is 0 Å². The van der Waals surface area contributed by atoms with E-state index in [1.807, 2.05) is 0 Å². The summed E-state index contributed by atoms with van der Waals surface area (Å²) in [6, 6.07) is 6.82. The third-order valence-corrected chi connectivity index (χ3v) is 6.13. The quantitative estimate of drug-likeness (QED) is 0.759. The Morgan fingerprint density at radius 1 is 1.20 bits per heavy atom. The Bertz CT molecular complexity index is 650. The standard InChI is InChI=1S/C18H28N2O4S/c1-15(2)9-10-19-18(21)8-5-16-3-6-17(7-4-16)25(22,23)20-11-13-24-14-12-20/h3-4,6-7,15H,5,8-14H2,1-2H3,(H,19,21). The maximum absolute atomic E-state index is 12.5. The first-order valence-electron chi connectivity index (χ1n) is 8.83. The zero-order chi connectivity index (χ0) is 18.3. The highest BCUT2D eigenvalue weighted by atomic mass is 32.2. The number of benzene rings is 1. The maximum Gasteiger partial charge on any atom is 0.243 e. The number of nitrogens with one attached hydrogen (secondary N) is 1. The summed E-state index contributed by atoms with van der Waals surface area (Å²) in [7, 11) is -3.46. The Kier molecular flexibility index (Phi) is 7.40. The fourth-order valence-electron chi connectivity index (χ4n) is 2.61. The predicted molar refractivity (Wildman–Crippen MR) is 96.8 cm³/mol. The minimum Gasteiger partial charge on any atom is -0.379 e. The molecule has 1 aromatic rings. The van der Waals surface area contributed by atoms with E-state index >= 15 is 0 Å². The van der Waals surface area contributed by atoms with Crippen LogP contribution in [0, 0.1) is 5.92 Å². The Balaban J connectivity index is 1.86. The topological polar surface area (TPSA) is 75.7 Å². The summed E-state index contributed by atoms with van der Waals surface area (Å²) >= 11 is 0. The van der Waals surface area contributed by atoms with Crippen molar-refractivity contribution in [2.24, 2.45) is 5.92 Å². The second-order valence-electron chi connectivity index (χ2n) is 6.69. The fourth-order valence-corrected chi connectivity index (χ4v) is 4.02. The van der Waals surface area contributed by atoms with Crippen LogP contribution in [-0.4, -0.2) is 51.5 Å². The van der Waals surface area contributed by atoms with Crippen LogP contribution in [0.4, 0.5) is 0 Å². The number of morpholine rings is 1. The van der Waals surface area contributed by atoms with Gasteiger partial charge in [-0.15, -0.1) is 0 Å². The highest BCUT2D eigenvalue weighted by molar-refractivity contribution is 7.89. The van der Waals surface area contributed by atoms with Crippen LogP contribution in [0.25, 0.3) is 0 Å². The number of amides is 1. The first kappa shape index (κ1) is 19.9. The molecule has 1 fully saturated rings. The van der Waals surface area contributed by atoms with Crippen LogP contribution in [0.2, 0.25) is 0 Å². The lowest BCUT2D eigenvalue weighted by Gasteiger charge is -2.26. The Morgan fingerprint density at radius 3 is 2.44 bits per heavy atom. The largest absolute Gasteiger partial charge is 0.379 e. The molecule has 0 radical (unpaired) electrons. The molecule has 1 saturated heterocycles. The van der Waals surface area contributed by atoms with Gasteiger partial charge in [0.1, 0.15) is 0 Å². The van der Waals surface area contributed by atoms with Gasteiger partial charge in [-0.25, -0.2) is 8.42 Å². The third-order valence-electron chi connectivity index (χ3n) is 4.22. The number of carbonyl (C=O) groups is 1. The molecule has 0 bridgehead atoms. The minimum absolute atomic E-state index is 0.0330. The smallest absolute Gasteiger partial charge is 0.243 e. The lowest BCUT2D eigenvalue weighted by molar-refractivity contribution is -0.121. The summed E-state index contributed by atoms with van der Waals surface area (Å²) in [5, 5.41) is 2.91. The van der Waals surface area contributed by atoms with Gasteiger partial charge in [-0.05, 0) is 36.5 Å². The van der Waals surface area contributed by atoms with Gasteiger partial charge >= 0.3 is 0 Å². The Hall–Kier alpha value is -1.44. The zero-order valence-electron chi connectivity index (χ0n) is 15.0. The van der Waals surface area contributed by atoms with Crippen molar-refractivity contribution in [3.8, 4) is 0 Å². The van der Waals surface area contributed by atoms with Gasteiger partial charge in [0, 0.05) is 26.1 Å². The summed E-state index contributed by atoms with van der Waals surface area (Å²) in [4.78, 5) is 12.1. The van der Waals surface area contributed by atoms with Crippen molar-refractivity contribution >= 4 is 15.9 Å². The van der Waals surface area contributed by atoms with Gasteiger partial charge in [-0.2, -0.15) is 4.31 Å². The van der Waals surface area contributed by atoms with Gasteiger partial charge in [0.2, 0.25) is 15.9 Å². The van der Waals surface area contributed by atoms with Gasteiger partial charge in [0.05, 0.1) is 18.1 Å². The summed E-state index contributed by atoms with van der Waals surface area (Å²) in [6.45, 7) is 6.60. The number of hydrogen-bond acceptors (Lipinski definition) is 4. The van der Waals surface area contributed by atoms with Gasteiger partial charge in [-0.1, -0.05) is 26.0 Å². The first-order valence-corrected chi connectivity index (χ1v) is 10.3. The summed E-state index contributed by atoms with van der Waals surface area (Å²) in [5.41, 5.74) is 0.958. The normalized spacial score (nSPS) is 16.1. The zero-order valence-corrected chi connectivity index (χ0v) is 15.8. The lowest BCUT2D eigenvalue weighted by atomic mass is 10.1. The molecule has 1 aromatic carbocycles. The molecule has 2 rings (SSSR count). The van der Waals surface area contributed by atoms with Crippen molar-refractivity contribution in [3.63, 3.8) is 0 Å². The van der Waals surface area contributed by atoms with Crippen LogP contribution >= 0.6 is 0 Å². The minimum atomic E-state index is -3.46. The van der Waals surface area contributed by atoms with Crippen molar-refractivity contribution < 1.29 is 17.9 Å². The van der Waals surface area contributed by atoms with E-state index in [1.165, 1.54) is 4.31 Å². The number of aryl methyl sites for hydroxylation is 1. The number of sulfonamides is 1. The van der Waals surface area contributed by atoms with Gasteiger partial charge < -0.3 is 10.1 Å². The second kappa shape index (κ2) is 9.31. The number of carbonyl (C=O) groups excluding carboxylic acids is 1. The summed E-state index contributed by atoms with van der Waals surface area (Å²) < 4.78 is 31.7. The molecule has 0 aromatic heterocycles. The molecule has 0 spiro atoms. The average molecular weight is 368 g/mol. The molecule has 0 aliphatic carbocycles. The molecule has 0 saturated carbocycles. The molecule has 0 atom stereocenters. The molecule has 140 valence electrons. The van der Waals surface area contributed by atoms with E-state index in [9.17, 15) is 13.2 Å². The first-order chi connectivity index (χ1) is 11.9. The molecule has 6 nitrogen and oxygen atoms in total. The molecule has 25 heavy (non-hydrogen) atoms. The van der Waals surface area contributed by atoms with E-state index in [0.717, 1.165) is 12.0 Å². The molecule has 1 aliphatic rings. The molecule has 1 amide bonds. The number of rotatable bonds is 8. The second-order valence-corrected chi connectivity index (χ2v) is 8.63. The van der Waals surface area contributed by atoms with Crippen LogP contribution in [0.3, 0.4) is 0 Å². The van der Waals surface area contributed by atoms with Gasteiger partial charge in [0.25, 0.3) is 0 Å². The monoisotopic (exact) mass is 368 g/mol. The highest BCUT2D eigenvalue weighted by Crippen LogP contribution is 2.18. The Labute approximate surface area is 150 Å². The molecular formula is C18H28N2O4S. The van der Waals surface area contributed by atoms with E-state index in [0.29, 0.717) is 56.5 Å². The number of ether oxygens (including phenoxy) is 1. The molecule has 0 unspecified atom stereocenters. The van der Waals surface area contributed by atoms with E-state index in [1.54, 1.807) is 24.3 Å². The highest BCUT2D eigenvalue weighted by Gasteiger charge is 2.26. The number of nitrogens with zero attached hydrogens (tertiary/aromatic N) is 1. The molecule has 1 heterocycles. The predicted octanol–water partition coefficient (Wildman–Crippen LogP) is 1.80. The molecule has 1 N–H and O–H groups in total. The van der Waals surface area contributed by atoms with E-state index in [-0.39, 0.29) is 5.91 Å². The van der Waals surface area contributed by atoms with Crippen molar-refractivity contribution in [1.29, 1.82) is 0 Å². The van der Waals surface area contributed by atoms with Crippen molar-refractivity contribution in [2.45, 2.75) is 38.0 Å². The van der Waals surface area contributed by atoms with Crippen molar-refractivity contribution in [2.75, 3.05) is 32.8 Å². The SMILES string of the molecule is CC(C)CCNC(=O)CCc1ccc(S(=O)(=O)N2CCOCC2)cc1. The van der Waals surface area contributed by atoms with Crippen LogP contribution < -0.4 is 5.32 Å². The Morgan fingerprint density at radius 2 is 1.84 bits per heavy atom. The summed E-state index contributed by atoms with van der Waals surface area (Å²) in [5.74, 6) is 0.604. The van der Waals surface area contributed by atoms with Crippen molar-refractivity contribution in [1.82, 2.24) is 9.62 Å². The third kappa shape index (κ3) is 6.09.